The predicted octanol–water partition coefficient (Wildman–Crippen LogP) is 3.14. The maximum Gasteiger partial charge on any atom is 0.408 e. The minimum atomic E-state index is -3.05. The van der Waals surface area contributed by atoms with Crippen LogP contribution >= 0.6 is 0 Å². The number of amides is 2. The Kier molecular flexibility index (Phi) is 8.66. The van der Waals surface area contributed by atoms with Crippen LogP contribution in [0.1, 0.15) is 72.6 Å². The molecule has 11 heteroatoms. The van der Waals surface area contributed by atoms with E-state index in [1.807, 2.05) is 0 Å². The molecular weight excluding hydrogens is 490 g/mol. The van der Waals surface area contributed by atoms with Crippen molar-refractivity contribution < 1.29 is 42.5 Å². The number of alkyl halides is 2. The largest absolute Gasteiger partial charge is 0.466 e. The van der Waals surface area contributed by atoms with Gasteiger partial charge in [-0.3, -0.25) is 14.4 Å². The molecule has 0 bridgehead atoms. The van der Waals surface area contributed by atoms with Crippen LogP contribution < -0.4 is 5.32 Å². The number of esters is 1. The van der Waals surface area contributed by atoms with Gasteiger partial charge in [-0.05, 0) is 52.9 Å². The van der Waals surface area contributed by atoms with Crippen LogP contribution in [0.3, 0.4) is 0 Å². The lowest BCUT2D eigenvalue weighted by Crippen LogP contribution is -2.52. The van der Waals surface area contributed by atoms with Gasteiger partial charge in [0.05, 0.1) is 24.2 Å². The van der Waals surface area contributed by atoms with E-state index in [0.29, 0.717) is 0 Å². The highest BCUT2D eigenvalue weighted by atomic mass is 19.3. The Hall–Kier alpha value is -2.56. The quantitative estimate of drug-likeness (QED) is 0.426. The first-order chi connectivity index (χ1) is 17.2. The molecule has 2 aliphatic heterocycles. The van der Waals surface area contributed by atoms with Crippen LogP contribution in [0.25, 0.3) is 0 Å². The summed E-state index contributed by atoms with van der Waals surface area (Å²) in [5.74, 6) is -5.54. The van der Waals surface area contributed by atoms with E-state index in [1.165, 1.54) is 11.0 Å². The van der Waals surface area contributed by atoms with Gasteiger partial charge in [0.15, 0.2) is 5.78 Å². The Morgan fingerprint density at radius 2 is 1.92 bits per heavy atom. The molecule has 0 unspecified atom stereocenters. The monoisotopic (exact) mass is 528 g/mol. The van der Waals surface area contributed by atoms with Crippen molar-refractivity contribution in [1.82, 2.24) is 10.2 Å². The van der Waals surface area contributed by atoms with Crippen LogP contribution in [0.5, 0.6) is 0 Å². The van der Waals surface area contributed by atoms with Crippen molar-refractivity contribution in [1.29, 1.82) is 0 Å². The van der Waals surface area contributed by atoms with Gasteiger partial charge in [0.25, 0.3) is 0 Å². The number of carbonyl (C=O) groups excluding carboxylic acids is 4. The number of aliphatic hydroxyl groups is 1. The number of halogens is 2. The molecule has 0 aromatic carbocycles. The van der Waals surface area contributed by atoms with Gasteiger partial charge in [-0.2, -0.15) is 0 Å². The maximum atomic E-state index is 14.7. The summed E-state index contributed by atoms with van der Waals surface area (Å²) >= 11 is 0. The molecule has 2 amide bonds. The first-order valence-electron chi connectivity index (χ1n) is 12.9. The second-order valence-electron chi connectivity index (χ2n) is 11.3. The number of carbonyl (C=O) groups is 4. The highest BCUT2D eigenvalue weighted by Gasteiger charge is 2.64. The van der Waals surface area contributed by atoms with E-state index < -0.39 is 77.6 Å². The zero-order chi connectivity index (χ0) is 27.6. The summed E-state index contributed by atoms with van der Waals surface area (Å²) < 4.78 is 39.9. The van der Waals surface area contributed by atoms with Crippen molar-refractivity contribution in [2.75, 3.05) is 13.2 Å². The number of hydrogen-bond donors (Lipinski definition) is 2. The standard InChI is InChI=1S/C26H38F2N2O7/c1-5-36-22(34)25-12-16(25)13-26(27,28)10-8-6-7-9-18(29-23(35)37-24(2,3)4)21(33)30-15-17(31)11-19(30)20(32)14-25/h6-7,16-19,31H,5,8-15H2,1-4H3,(H,29,35)/t16-,17+,18-,19-,25+/m0/s1. The van der Waals surface area contributed by atoms with E-state index in [9.17, 15) is 33.1 Å². The molecule has 5 atom stereocenters. The van der Waals surface area contributed by atoms with Gasteiger partial charge in [0.2, 0.25) is 11.8 Å². The van der Waals surface area contributed by atoms with Crippen molar-refractivity contribution in [3.8, 4) is 0 Å². The molecule has 2 N–H and O–H groups in total. The molecule has 3 rings (SSSR count). The number of alkyl carbamates (subject to hydrolysis) is 1. The van der Waals surface area contributed by atoms with Gasteiger partial charge in [0, 0.05) is 32.2 Å². The fraction of sp³-hybridized carbons (Fsp3) is 0.769. The zero-order valence-electron chi connectivity index (χ0n) is 21.9. The predicted molar refractivity (Wildman–Crippen MR) is 129 cm³/mol. The third-order valence-electron chi connectivity index (χ3n) is 7.09. The second-order valence-corrected chi connectivity index (χ2v) is 11.3. The average molecular weight is 529 g/mol. The number of nitrogens with one attached hydrogen (secondary N) is 1. The first kappa shape index (κ1) is 29.0. The van der Waals surface area contributed by atoms with E-state index in [0.717, 1.165) is 0 Å². The third kappa shape index (κ3) is 7.27. The molecule has 2 heterocycles. The summed E-state index contributed by atoms with van der Waals surface area (Å²) in [6.07, 6.45) is -0.00454. The Balaban J connectivity index is 1.91. The molecule has 1 aliphatic carbocycles. The molecule has 37 heavy (non-hydrogen) atoms. The topological polar surface area (TPSA) is 122 Å². The van der Waals surface area contributed by atoms with E-state index in [2.05, 4.69) is 5.32 Å². The molecule has 0 aromatic rings. The Labute approximate surface area is 215 Å². The van der Waals surface area contributed by atoms with Crippen molar-refractivity contribution >= 4 is 23.8 Å². The molecule has 0 spiro atoms. The van der Waals surface area contributed by atoms with Crippen molar-refractivity contribution in [3.05, 3.63) is 12.2 Å². The number of rotatable bonds is 3. The number of nitrogens with zero attached hydrogens (tertiary/aromatic N) is 1. The number of fused-ring (bicyclic) bond motifs is 2. The molecule has 1 saturated heterocycles. The first-order valence-corrected chi connectivity index (χ1v) is 12.9. The van der Waals surface area contributed by atoms with Gasteiger partial charge >= 0.3 is 12.1 Å². The molecule has 208 valence electrons. The molecule has 9 nitrogen and oxygen atoms in total. The van der Waals surface area contributed by atoms with Crippen LogP contribution in [0.15, 0.2) is 12.2 Å². The van der Waals surface area contributed by atoms with Crippen molar-refractivity contribution in [2.45, 2.75) is 102 Å². The minimum Gasteiger partial charge on any atom is -0.466 e. The normalized spacial score (nSPS) is 32.5. The smallest absolute Gasteiger partial charge is 0.408 e. The number of ether oxygens (including phenoxy) is 2. The highest BCUT2D eigenvalue weighted by Crippen LogP contribution is 2.60. The van der Waals surface area contributed by atoms with E-state index in [4.69, 9.17) is 9.47 Å². The van der Waals surface area contributed by atoms with E-state index in [-0.39, 0.29) is 45.3 Å². The number of Topliss-reactive ketones (excluding diaryl/α,β-unsaturated/α-hetero) is 1. The Morgan fingerprint density at radius 3 is 2.57 bits per heavy atom. The Morgan fingerprint density at radius 1 is 1.22 bits per heavy atom. The molecular formula is C26H38F2N2O7. The highest BCUT2D eigenvalue weighted by molar-refractivity contribution is 5.96. The second kappa shape index (κ2) is 11.0. The van der Waals surface area contributed by atoms with Crippen LogP contribution in [0.4, 0.5) is 13.6 Å². The fourth-order valence-electron chi connectivity index (χ4n) is 5.23. The number of ketones is 1. The van der Waals surface area contributed by atoms with Crippen LogP contribution in [0, 0.1) is 11.3 Å². The minimum absolute atomic E-state index is 0.00740. The summed E-state index contributed by atoms with van der Waals surface area (Å²) in [5.41, 5.74) is -2.18. The lowest BCUT2D eigenvalue weighted by molar-refractivity contribution is -0.153. The average Bonchev–Trinajstić information content (AvgIpc) is 3.28. The van der Waals surface area contributed by atoms with Crippen LogP contribution in [0.2, 0.25) is 0 Å². The van der Waals surface area contributed by atoms with Crippen molar-refractivity contribution in [3.63, 3.8) is 0 Å². The third-order valence-corrected chi connectivity index (χ3v) is 7.09. The fourth-order valence-corrected chi connectivity index (χ4v) is 5.23. The van der Waals surface area contributed by atoms with Gasteiger partial charge in [-0.1, -0.05) is 12.2 Å². The van der Waals surface area contributed by atoms with Crippen molar-refractivity contribution in [2.24, 2.45) is 11.3 Å². The summed E-state index contributed by atoms with van der Waals surface area (Å²) in [7, 11) is 0. The summed E-state index contributed by atoms with van der Waals surface area (Å²) in [4.78, 5) is 53.4. The summed E-state index contributed by atoms with van der Waals surface area (Å²) in [6, 6.07) is -2.18. The van der Waals surface area contributed by atoms with E-state index >= 15 is 0 Å². The lowest BCUT2D eigenvalue weighted by Gasteiger charge is -2.29. The lowest BCUT2D eigenvalue weighted by atomic mass is 9.90. The molecule has 2 fully saturated rings. The van der Waals surface area contributed by atoms with E-state index in [1.54, 1.807) is 33.8 Å². The van der Waals surface area contributed by atoms with Gasteiger partial charge in [-0.25, -0.2) is 13.6 Å². The number of allylic oxidation sites excluding steroid dienone is 1. The molecule has 0 radical (unpaired) electrons. The van der Waals surface area contributed by atoms with Gasteiger partial charge < -0.3 is 24.8 Å². The van der Waals surface area contributed by atoms with Gasteiger partial charge in [0.1, 0.15) is 11.6 Å². The van der Waals surface area contributed by atoms with Crippen LogP contribution in [-0.4, -0.2) is 76.6 Å². The SMILES string of the molecule is CCOC(=O)[C@]12CC(=O)[C@@H]3C[C@@H](O)CN3C(=O)[C@@H](NC(=O)OC(C)(C)C)CC=CCCC(F)(F)C[C@@H]1C2. The molecule has 1 saturated carbocycles. The van der Waals surface area contributed by atoms with Crippen LogP contribution in [-0.2, 0) is 23.9 Å². The molecule has 0 aromatic heterocycles. The summed E-state index contributed by atoms with van der Waals surface area (Å²) in [6.45, 7) is 6.53. The Bertz CT molecular complexity index is 932. The maximum absolute atomic E-state index is 14.7. The molecule has 3 aliphatic rings. The number of hydrogen-bond acceptors (Lipinski definition) is 7. The zero-order valence-corrected chi connectivity index (χ0v) is 21.9. The summed E-state index contributed by atoms with van der Waals surface area (Å²) in [5, 5.41) is 12.8. The van der Waals surface area contributed by atoms with Gasteiger partial charge in [-0.15, -0.1) is 0 Å². The number of aliphatic hydroxyl groups excluding tert-OH is 1.